The fraction of sp³-hybridized carbons (Fsp3) is 0.235. The fourth-order valence-electron chi connectivity index (χ4n) is 2.59. The molecule has 0 atom stereocenters. The van der Waals surface area contributed by atoms with Crippen LogP contribution in [0.25, 0.3) is 0 Å². The van der Waals surface area contributed by atoms with Crippen molar-refractivity contribution in [3.05, 3.63) is 59.3 Å². The highest BCUT2D eigenvalue weighted by Gasteiger charge is 2.25. The van der Waals surface area contributed by atoms with Crippen LogP contribution >= 0.6 is 0 Å². The number of halogens is 2. The molecule has 1 aliphatic heterocycles. The van der Waals surface area contributed by atoms with E-state index < -0.39 is 11.6 Å². The minimum atomic E-state index is -0.659. The van der Waals surface area contributed by atoms with Gasteiger partial charge in [0.2, 0.25) is 5.91 Å². The standard InChI is InChI=1S/C17H14F2N4O/c18-14-2-1-13(15(19)8-14)10-23-6-5-22(11-17(23)24)16-7-12(9-20)3-4-21-16/h1-4,7-8H,5-6,10-11H2. The van der Waals surface area contributed by atoms with Crippen molar-refractivity contribution in [2.24, 2.45) is 0 Å². The van der Waals surface area contributed by atoms with Crippen molar-refractivity contribution in [1.82, 2.24) is 9.88 Å². The van der Waals surface area contributed by atoms with Crippen LogP contribution in [0.1, 0.15) is 11.1 Å². The van der Waals surface area contributed by atoms with Crippen molar-refractivity contribution in [2.75, 3.05) is 24.5 Å². The van der Waals surface area contributed by atoms with Gasteiger partial charge in [-0.2, -0.15) is 5.26 Å². The van der Waals surface area contributed by atoms with Crippen molar-refractivity contribution < 1.29 is 13.6 Å². The molecule has 0 spiro atoms. The zero-order valence-electron chi connectivity index (χ0n) is 12.7. The number of amides is 1. The second-order valence-corrected chi connectivity index (χ2v) is 5.49. The lowest BCUT2D eigenvalue weighted by molar-refractivity contribution is -0.131. The van der Waals surface area contributed by atoms with Gasteiger partial charge in [-0.25, -0.2) is 13.8 Å². The average Bonchev–Trinajstić information content (AvgIpc) is 2.59. The van der Waals surface area contributed by atoms with Crippen LogP contribution in [0, 0.1) is 23.0 Å². The number of rotatable bonds is 3. The normalized spacial score (nSPS) is 14.6. The van der Waals surface area contributed by atoms with Gasteiger partial charge < -0.3 is 9.80 Å². The van der Waals surface area contributed by atoms with E-state index in [0.717, 1.165) is 6.07 Å². The first kappa shape index (κ1) is 15.9. The third-order valence-corrected chi connectivity index (χ3v) is 3.89. The summed E-state index contributed by atoms with van der Waals surface area (Å²) >= 11 is 0. The minimum Gasteiger partial charge on any atom is -0.345 e. The van der Waals surface area contributed by atoms with Gasteiger partial charge in [0, 0.05) is 37.5 Å². The summed E-state index contributed by atoms with van der Waals surface area (Å²) < 4.78 is 26.7. The first-order valence-electron chi connectivity index (χ1n) is 7.39. The molecule has 1 saturated heterocycles. The van der Waals surface area contributed by atoms with Crippen molar-refractivity contribution >= 4 is 11.7 Å². The Labute approximate surface area is 137 Å². The lowest BCUT2D eigenvalue weighted by Gasteiger charge is -2.35. The Morgan fingerprint density at radius 2 is 2.04 bits per heavy atom. The summed E-state index contributed by atoms with van der Waals surface area (Å²) in [6, 6.07) is 8.60. The van der Waals surface area contributed by atoms with Crippen molar-refractivity contribution in [1.29, 1.82) is 5.26 Å². The smallest absolute Gasteiger partial charge is 0.242 e. The van der Waals surface area contributed by atoms with Crippen LogP contribution in [-0.2, 0) is 11.3 Å². The zero-order chi connectivity index (χ0) is 17.1. The quantitative estimate of drug-likeness (QED) is 0.865. The Kier molecular flexibility index (Phi) is 4.38. The number of anilines is 1. The highest BCUT2D eigenvalue weighted by Crippen LogP contribution is 2.18. The van der Waals surface area contributed by atoms with Crippen molar-refractivity contribution in [2.45, 2.75) is 6.54 Å². The summed E-state index contributed by atoms with van der Waals surface area (Å²) in [6.45, 7) is 1.12. The van der Waals surface area contributed by atoms with Gasteiger partial charge in [-0.05, 0) is 18.2 Å². The van der Waals surface area contributed by atoms with E-state index in [1.54, 1.807) is 17.0 Å². The van der Waals surface area contributed by atoms with Gasteiger partial charge in [0.05, 0.1) is 18.2 Å². The molecule has 1 aliphatic rings. The van der Waals surface area contributed by atoms with Gasteiger partial charge in [-0.3, -0.25) is 4.79 Å². The van der Waals surface area contributed by atoms with Gasteiger partial charge in [-0.15, -0.1) is 0 Å². The molecule has 1 aromatic heterocycles. The van der Waals surface area contributed by atoms with Crippen LogP contribution in [-0.4, -0.2) is 35.4 Å². The first-order valence-corrected chi connectivity index (χ1v) is 7.39. The molecule has 1 aromatic carbocycles. The van der Waals surface area contributed by atoms with Crippen LogP contribution < -0.4 is 4.90 Å². The van der Waals surface area contributed by atoms with E-state index in [0.29, 0.717) is 24.5 Å². The third kappa shape index (κ3) is 3.33. The van der Waals surface area contributed by atoms with E-state index >= 15 is 0 Å². The lowest BCUT2D eigenvalue weighted by Crippen LogP contribution is -2.50. The van der Waals surface area contributed by atoms with E-state index in [1.807, 2.05) is 6.07 Å². The maximum atomic E-state index is 13.7. The molecule has 0 unspecified atom stereocenters. The Morgan fingerprint density at radius 1 is 1.21 bits per heavy atom. The molecule has 0 bridgehead atoms. The molecule has 5 nitrogen and oxygen atoms in total. The highest BCUT2D eigenvalue weighted by molar-refractivity contribution is 5.82. The van der Waals surface area contributed by atoms with Crippen LogP contribution in [0.4, 0.5) is 14.6 Å². The molecule has 3 rings (SSSR count). The first-order chi connectivity index (χ1) is 11.6. The molecular formula is C17H14F2N4O. The SMILES string of the molecule is N#Cc1ccnc(N2CCN(Cc3ccc(F)cc3F)C(=O)C2)c1. The molecule has 0 radical (unpaired) electrons. The minimum absolute atomic E-state index is 0.102. The molecular weight excluding hydrogens is 314 g/mol. The van der Waals surface area contributed by atoms with E-state index in [4.69, 9.17) is 5.26 Å². The van der Waals surface area contributed by atoms with Crippen LogP contribution in [0.3, 0.4) is 0 Å². The number of nitrogens with zero attached hydrogens (tertiary/aromatic N) is 4. The Bertz CT molecular complexity index is 818. The maximum Gasteiger partial charge on any atom is 0.242 e. The number of hydrogen-bond acceptors (Lipinski definition) is 4. The number of hydrogen-bond donors (Lipinski definition) is 0. The zero-order valence-corrected chi connectivity index (χ0v) is 12.7. The highest BCUT2D eigenvalue weighted by atomic mass is 19.1. The molecule has 1 amide bonds. The Balaban J connectivity index is 1.69. The predicted molar refractivity (Wildman–Crippen MR) is 82.9 cm³/mol. The van der Waals surface area contributed by atoms with E-state index in [-0.39, 0.29) is 24.6 Å². The second-order valence-electron chi connectivity index (χ2n) is 5.49. The Morgan fingerprint density at radius 3 is 2.75 bits per heavy atom. The molecule has 24 heavy (non-hydrogen) atoms. The second kappa shape index (κ2) is 6.62. The van der Waals surface area contributed by atoms with Gasteiger partial charge >= 0.3 is 0 Å². The maximum absolute atomic E-state index is 13.7. The molecule has 0 N–H and O–H groups in total. The summed E-state index contributed by atoms with van der Waals surface area (Å²) in [7, 11) is 0. The fourth-order valence-corrected chi connectivity index (χ4v) is 2.59. The average molecular weight is 328 g/mol. The van der Waals surface area contributed by atoms with E-state index in [2.05, 4.69) is 4.98 Å². The summed E-state index contributed by atoms with van der Waals surface area (Å²) in [6.07, 6.45) is 1.53. The molecule has 0 aliphatic carbocycles. The number of aromatic nitrogens is 1. The lowest BCUT2D eigenvalue weighted by atomic mass is 10.1. The van der Waals surface area contributed by atoms with Crippen LogP contribution in [0.2, 0.25) is 0 Å². The molecule has 2 heterocycles. The van der Waals surface area contributed by atoms with Crippen LogP contribution in [0.5, 0.6) is 0 Å². The number of carbonyl (C=O) groups excluding carboxylic acids is 1. The van der Waals surface area contributed by atoms with Gasteiger partial charge in [0.1, 0.15) is 17.5 Å². The number of piperazine rings is 1. The monoisotopic (exact) mass is 328 g/mol. The molecule has 2 aromatic rings. The summed E-state index contributed by atoms with van der Waals surface area (Å²) in [4.78, 5) is 19.8. The largest absolute Gasteiger partial charge is 0.345 e. The van der Waals surface area contributed by atoms with Crippen LogP contribution in [0.15, 0.2) is 36.5 Å². The van der Waals surface area contributed by atoms with Gasteiger partial charge in [-0.1, -0.05) is 6.07 Å². The number of carbonyl (C=O) groups is 1. The van der Waals surface area contributed by atoms with Crippen molar-refractivity contribution in [3.8, 4) is 6.07 Å². The molecule has 7 heteroatoms. The summed E-state index contributed by atoms with van der Waals surface area (Å²) in [5.74, 6) is -0.909. The molecule has 0 saturated carbocycles. The number of benzene rings is 1. The topological polar surface area (TPSA) is 60.2 Å². The predicted octanol–water partition coefficient (Wildman–Crippen LogP) is 2.08. The molecule has 1 fully saturated rings. The van der Waals surface area contributed by atoms with Crippen molar-refractivity contribution in [3.63, 3.8) is 0 Å². The number of pyridine rings is 1. The van der Waals surface area contributed by atoms with Gasteiger partial charge in [0.15, 0.2) is 0 Å². The number of nitriles is 1. The summed E-state index contributed by atoms with van der Waals surface area (Å²) in [5.41, 5.74) is 0.756. The van der Waals surface area contributed by atoms with Gasteiger partial charge in [0.25, 0.3) is 0 Å². The Hall–Kier alpha value is -3.01. The summed E-state index contributed by atoms with van der Waals surface area (Å²) in [5, 5.41) is 8.93. The van der Waals surface area contributed by atoms with E-state index in [1.165, 1.54) is 23.2 Å². The third-order valence-electron chi connectivity index (χ3n) is 3.89. The van der Waals surface area contributed by atoms with E-state index in [9.17, 15) is 13.6 Å². The molecule has 122 valence electrons.